The van der Waals surface area contributed by atoms with E-state index < -0.39 is 12.1 Å². The van der Waals surface area contributed by atoms with E-state index in [4.69, 9.17) is 42.6 Å². The van der Waals surface area contributed by atoms with Gasteiger partial charge in [0.05, 0.1) is 61.0 Å². The van der Waals surface area contributed by atoms with Crippen molar-refractivity contribution in [2.24, 2.45) is 0 Å². The van der Waals surface area contributed by atoms with E-state index in [1.807, 2.05) is 18.2 Å². The smallest absolute Gasteiger partial charge is 0.338 e. The van der Waals surface area contributed by atoms with Crippen LogP contribution in [0.2, 0.25) is 0 Å². The van der Waals surface area contributed by atoms with Gasteiger partial charge in [-0.25, -0.2) is 4.79 Å². The third kappa shape index (κ3) is 8.43. The van der Waals surface area contributed by atoms with Gasteiger partial charge in [0, 0.05) is 44.9 Å². The highest BCUT2D eigenvalue weighted by Gasteiger charge is 2.27. The largest absolute Gasteiger partial charge is 0.495 e. The molecule has 46 heavy (non-hydrogen) atoms. The van der Waals surface area contributed by atoms with Gasteiger partial charge in [-0.15, -0.1) is 12.4 Å². The van der Waals surface area contributed by atoms with E-state index in [0.29, 0.717) is 46.8 Å². The van der Waals surface area contributed by atoms with E-state index in [0.717, 1.165) is 37.6 Å². The van der Waals surface area contributed by atoms with Gasteiger partial charge in [-0.1, -0.05) is 12.1 Å². The van der Waals surface area contributed by atoms with Gasteiger partial charge in [0.1, 0.15) is 24.2 Å². The zero-order chi connectivity index (χ0) is 32.3. The van der Waals surface area contributed by atoms with Gasteiger partial charge < -0.3 is 47.5 Å². The average molecular weight is 663 g/mol. The quantitative estimate of drug-likeness (QED) is 0.213. The van der Waals surface area contributed by atoms with Crippen LogP contribution in [0, 0.1) is 0 Å². The summed E-state index contributed by atoms with van der Waals surface area (Å²) in [6, 6.07) is 14.5. The molecular weight excluding hydrogens is 620 g/mol. The zero-order valence-corrected chi connectivity index (χ0v) is 28.1. The first-order chi connectivity index (χ1) is 21.9. The Hall–Kier alpha value is -4.42. The minimum Gasteiger partial charge on any atom is -0.495 e. The maximum Gasteiger partial charge on any atom is 0.338 e. The van der Waals surface area contributed by atoms with Crippen LogP contribution in [0.3, 0.4) is 0 Å². The molecule has 1 heterocycles. The normalized spacial score (nSPS) is 13.5. The Morgan fingerprint density at radius 1 is 0.674 bits per heavy atom. The summed E-state index contributed by atoms with van der Waals surface area (Å²) in [5.74, 6) is 3.18. The summed E-state index contributed by atoms with van der Waals surface area (Å²) >= 11 is 0. The third-order valence-corrected chi connectivity index (χ3v) is 7.51. The second-order valence-corrected chi connectivity index (χ2v) is 10.1. The van der Waals surface area contributed by atoms with E-state index in [9.17, 15) is 4.79 Å². The van der Waals surface area contributed by atoms with Crippen LogP contribution in [-0.2, 0) is 4.74 Å². The molecule has 252 valence electrons. The van der Waals surface area contributed by atoms with Crippen LogP contribution in [0.25, 0.3) is 0 Å². The van der Waals surface area contributed by atoms with Crippen molar-refractivity contribution in [2.45, 2.75) is 6.10 Å². The lowest BCUT2D eigenvalue weighted by molar-refractivity contribution is 0.00514. The number of para-hydroxylation sites is 2. The third-order valence-electron chi connectivity index (χ3n) is 7.51. The van der Waals surface area contributed by atoms with Gasteiger partial charge in [-0.3, -0.25) is 4.90 Å². The van der Waals surface area contributed by atoms with E-state index in [1.165, 1.54) is 42.7 Å². The van der Waals surface area contributed by atoms with Crippen molar-refractivity contribution < 1.29 is 47.4 Å². The molecule has 0 spiro atoms. The molecule has 1 aliphatic heterocycles. The first-order valence-electron chi connectivity index (χ1n) is 14.4. The number of carbonyl (C=O) groups is 1. The van der Waals surface area contributed by atoms with Crippen molar-refractivity contribution >= 4 is 24.1 Å². The summed E-state index contributed by atoms with van der Waals surface area (Å²) in [5.41, 5.74) is 1.30. The minimum absolute atomic E-state index is 0. The summed E-state index contributed by atoms with van der Waals surface area (Å²) in [5, 5.41) is 0. The van der Waals surface area contributed by atoms with Crippen LogP contribution in [0.4, 0.5) is 5.69 Å². The van der Waals surface area contributed by atoms with Crippen LogP contribution in [0.1, 0.15) is 10.4 Å². The monoisotopic (exact) mass is 662 g/mol. The average Bonchev–Trinajstić information content (AvgIpc) is 3.09. The van der Waals surface area contributed by atoms with E-state index in [-0.39, 0.29) is 24.6 Å². The van der Waals surface area contributed by atoms with Crippen molar-refractivity contribution in [1.82, 2.24) is 4.90 Å². The lowest BCUT2D eigenvalue weighted by Gasteiger charge is -2.37. The number of piperazine rings is 1. The first kappa shape index (κ1) is 36.1. The highest BCUT2D eigenvalue weighted by atomic mass is 35.5. The molecule has 0 N–H and O–H groups in total. The number of nitrogens with zero attached hydrogens (tertiary/aromatic N) is 2. The van der Waals surface area contributed by atoms with Crippen LogP contribution in [0.15, 0.2) is 48.5 Å². The van der Waals surface area contributed by atoms with E-state index in [1.54, 1.807) is 31.4 Å². The van der Waals surface area contributed by atoms with E-state index in [2.05, 4.69) is 15.9 Å². The van der Waals surface area contributed by atoms with Gasteiger partial charge in [-0.05, 0) is 24.3 Å². The summed E-state index contributed by atoms with van der Waals surface area (Å²) < 4.78 is 50.4. The molecule has 0 saturated carbocycles. The van der Waals surface area contributed by atoms with Crippen molar-refractivity contribution in [2.75, 3.05) is 94.0 Å². The Kier molecular flexibility index (Phi) is 13.6. The highest BCUT2D eigenvalue weighted by molar-refractivity contribution is 5.91. The maximum atomic E-state index is 13.5. The number of hydrogen-bond acceptors (Lipinski definition) is 12. The molecule has 3 aromatic rings. The number of methoxy groups -OCH3 is 7. The number of rotatable bonds is 15. The topological polar surface area (TPSA) is 107 Å². The number of ether oxygens (including phenoxy) is 9. The predicted octanol–water partition coefficient (Wildman–Crippen LogP) is 4.60. The molecule has 13 heteroatoms. The van der Waals surface area contributed by atoms with Crippen molar-refractivity contribution in [3.63, 3.8) is 0 Å². The Morgan fingerprint density at radius 2 is 1.17 bits per heavy atom. The number of esters is 1. The molecule has 1 aliphatic rings. The SMILES string of the molecule is COc1ccccc1N1CCN(CC(COc2cc(OC)c(OC)c(OC)c2)OC(=O)c2cc(OC)c(OC)c(OC)c2)CC1.Cl. The zero-order valence-electron chi connectivity index (χ0n) is 27.3. The highest BCUT2D eigenvalue weighted by Crippen LogP contribution is 2.41. The molecule has 0 bridgehead atoms. The molecule has 1 unspecified atom stereocenters. The fourth-order valence-electron chi connectivity index (χ4n) is 5.22. The second kappa shape index (κ2) is 17.3. The lowest BCUT2D eigenvalue weighted by atomic mass is 10.1. The van der Waals surface area contributed by atoms with Gasteiger partial charge in [0.25, 0.3) is 0 Å². The number of carbonyl (C=O) groups excluding carboxylic acids is 1. The molecule has 3 aromatic carbocycles. The van der Waals surface area contributed by atoms with Crippen LogP contribution in [0.5, 0.6) is 46.0 Å². The first-order valence-corrected chi connectivity index (χ1v) is 14.4. The summed E-state index contributed by atoms with van der Waals surface area (Å²) in [4.78, 5) is 18.0. The Bertz CT molecular complexity index is 1380. The van der Waals surface area contributed by atoms with Crippen molar-refractivity contribution in [3.05, 3.63) is 54.1 Å². The van der Waals surface area contributed by atoms with Crippen molar-refractivity contribution in [3.8, 4) is 46.0 Å². The summed E-state index contributed by atoms with van der Waals surface area (Å²) in [6.45, 7) is 3.58. The van der Waals surface area contributed by atoms with Crippen LogP contribution in [-0.4, -0.2) is 106 Å². The molecule has 0 radical (unpaired) electrons. The molecule has 0 aromatic heterocycles. The second-order valence-electron chi connectivity index (χ2n) is 10.1. The van der Waals surface area contributed by atoms with Gasteiger partial charge in [0.15, 0.2) is 23.0 Å². The molecule has 1 saturated heterocycles. The minimum atomic E-state index is -0.631. The molecular formula is C33H43ClN2O10. The molecule has 4 rings (SSSR count). The Balaban J connectivity index is 0.00000576. The molecule has 1 fully saturated rings. The van der Waals surface area contributed by atoms with Crippen LogP contribution >= 0.6 is 12.4 Å². The fraction of sp³-hybridized carbons (Fsp3) is 0.424. The molecule has 1 atom stereocenters. The Labute approximate surface area is 276 Å². The molecule has 12 nitrogen and oxygen atoms in total. The molecule has 0 aliphatic carbocycles. The fourth-order valence-corrected chi connectivity index (χ4v) is 5.22. The lowest BCUT2D eigenvalue weighted by Crippen LogP contribution is -2.50. The number of hydrogen-bond donors (Lipinski definition) is 0. The van der Waals surface area contributed by atoms with E-state index >= 15 is 0 Å². The predicted molar refractivity (Wildman–Crippen MR) is 176 cm³/mol. The molecule has 0 amide bonds. The van der Waals surface area contributed by atoms with Gasteiger partial charge in [-0.2, -0.15) is 0 Å². The van der Waals surface area contributed by atoms with Gasteiger partial charge in [0.2, 0.25) is 11.5 Å². The number of benzene rings is 3. The van der Waals surface area contributed by atoms with Gasteiger partial charge >= 0.3 is 5.97 Å². The van der Waals surface area contributed by atoms with Crippen molar-refractivity contribution in [1.29, 1.82) is 0 Å². The number of anilines is 1. The van der Waals surface area contributed by atoms with Crippen LogP contribution < -0.4 is 42.8 Å². The standard InChI is InChI=1S/C33H42N2O10.ClH/c1-37-26-11-9-8-10-25(26)35-14-12-34(13-15-35)20-24(21-44-23-18-29(40-4)32(43-7)30(19-23)41-5)45-33(36)22-16-27(38-2)31(42-6)28(17-22)39-3;/h8-11,16-19,24H,12-15,20-21H2,1-7H3;1H. The summed E-state index contributed by atoms with van der Waals surface area (Å²) in [7, 11) is 10.8. The number of halogens is 1. The Morgan fingerprint density at radius 3 is 1.67 bits per heavy atom. The summed E-state index contributed by atoms with van der Waals surface area (Å²) in [6.07, 6.45) is -0.631. The maximum absolute atomic E-state index is 13.5.